The van der Waals surface area contributed by atoms with E-state index < -0.39 is 10.2 Å². The highest BCUT2D eigenvalue weighted by Crippen LogP contribution is 2.61. The maximum absolute atomic E-state index is 13.1. The predicted octanol–water partition coefficient (Wildman–Crippen LogP) is 4.70. The molecule has 1 aromatic rings. The molecule has 0 aromatic heterocycles. The Morgan fingerprint density at radius 2 is 1.93 bits per heavy atom. The van der Waals surface area contributed by atoms with Gasteiger partial charge < -0.3 is 5.43 Å². The van der Waals surface area contributed by atoms with Crippen LogP contribution in [0, 0.1) is 23.2 Å². The number of hydrogen-bond donors (Lipinski definition) is 2. The molecule has 0 spiro atoms. The minimum absolute atomic E-state index is 0.370. The summed E-state index contributed by atoms with van der Waals surface area (Å²) in [6, 6.07) is 10.2. The molecule has 1 heterocycles. The van der Waals surface area contributed by atoms with Crippen molar-refractivity contribution in [2.75, 3.05) is 13.1 Å². The van der Waals surface area contributed by atoms with Gasteiger partial charge in [0.25, 0.3) is 10.2 Å². The van der Waals surface area contributed by atoms with Crippen molar-refractivity contribution in [1.29, 1.82) is 0 Å². The van der Waals surface area contributed by atoms with Crippen molar-refractivity contribution in [3.05, 3.63) is 41.6 Å². The van der Waals surface area contributed by atoms with Crippen LogP contribution in [0.2, 0.25) is 0 Å². The molecule has 3 atom stereocenters. The first-order valence-corrected chi connectivity index (χ1v) is 13.1. The van der Waals surface area contributed by atoms with Gasteiger partial charge in [0.2, 0.25) is 0 Å². The molecule has 2 bridgehead atoms. The van der Waals surface area contributed by atoms with Crippen LogP contribution in [0.5, 0.6) is 0 Å². The molecule has 0 saturated heterocycles. The highest BCUT2D eigenvalue weighted by Gasteiger charge is 2.54. The number of fused-ring (bicyclic) bond motifs is 2. The van der Waals surface area contributed by atoms with Crippen LogP contribution in [-0.4, -0.2) is 25.9 Å². The first-order chi connectivity index (χ1) is 14.3. The van der Waals surface area contributed by atoms with Crippen molar-refractivity contribution in [2.24, 2.45) is 23.2 Å². The summed E-state index contributed by atoms with van der Waals surface area (Å²) in [4.78, 5) is 0. The van der Waals surface area contributed by atoms with Crippen LogP contribution in [0.3, 0.4) is 0 Å². The maximum Gasteiger partial charge on any atom is 0.296 e. The van der Waals surface area contributed by atoms with Crippen molar-refractivity contribution in [1.82, 2.24) is 14.6 Å². The van der Waals surface area contributed by atoms with Crippen LogP contribution in [0.15, 0.2) is 36.0 Å². The summed E-state index contributed by atoms with van der Waals surface area (Å²) in [6.45, 7) is 7.82. The van der Waals surface area contributed by atoms with Crippen molar-refractivity contribution < 1.29 is 8.42 Å². The van der Waals surface area contributed by atoms with Crippen LogP contribution in [-0.2, 0) is 10.2 Å². The zero-order valence-corrected chi connectivity index (χ0v) is 19.5. The highest BCUT2D eigenvalue weighted by molar-refractivity contribution is 7.87. The van der Waals surface area contributed by atoms with Gasteiger partial charge in [0.15, 0.2) is 0 Å². The van der Waals surface area contributed by atoms with Gasteiger partial charge >= 0.3 is 0 Å². The number of rotatable bonds is 9. The second kappa shape index (κ2) is 8.64. The summed E-state index contributed by atoms with van der Waals surface area (Å²) in [6.07, 6.45) is 7.89. The summed E-state index contributed by atoms with van der Waals surface area (Å²) in [5.74, 6) is 1.93. The zero-order chi connectivity index (χ0) is 21.4. The standard InChI is InChI=1S/C24H37N3O2S/c1-4-5-7-12-23-21(18-10-8-6-9-11-18)17-27(26-23)30(28,29)25-16-19-13-14-20-15-22(19)24(20,2)3/h6,8-11,19-20,22,25-26H,4-5,7,12-17H2,1-3H3/t19-,20-,22-/m0/s1. The van der Waals surface area contributed by atoms with E-state index in [0.29, 0.717) is 30.3 Å². The minimum Gasteiger partial charge on any atom is -0.308 e. The molecule has 30 heavy (non-hydrogen) atoms. The van der Waals surface area contributed by atoms with Crippen molar-refractivity contribution in [2.45, 2.75) is 65.7 Å². The Kier molecular flexibility index (Phi) is 6.29. The second-order valence-electron chi connectivity index (χ2n) is 9.95. The van der Waals surface area contributed by atoms with Gasteiger partial charge in [-0.2, -0.15) is 8.42 Å². The van der Waals surface area contributed by atoms with E-state index in [4.69, 9.17) is 0 Å². The molecule has 166 valence electrons. The lowest BCUT2D eigenvalue weighted by atomic mass is 9.45. The maximum atomic E-state index is 13.1. The molecule has 0 amide bonds. The monoisotopic (exact) mass is 431 g/mol. The van der Waals surface area contributed by atoms with E-state index in [1.54, 1.807) is 0 Å². The Balaban J connectivity index is 1.42. The Hall–Kier alpha value is -1.37. The number of benzene rings is 1. The molecule has 2 N–H and O–H groups in total. The summed E-state index contributed by atoms with van der Waals surface area (Å²) < 4.78 is 30.6. The van der Waals surface area contributed by atoms with Gasteiger partial charge in [-0.15, -0.1) is 0 Å². The molecule has 4 aliphatic rings. The SMILES string of the molecule is CCCCCC1=C(c2ccccc2)CN(S(=O)(=O)NC[C@@H]2CC[C@H]3C[C@@H]2C3(C)C)N1. The minimum atomic E-state index is -3.58. The number of hydrazine groups is 1. The van der Waals surface area contributed by atoms with Gasteiger partial charge in [-0.1, -0.05) is 68.4 Å². The molecule has 1 aliphatic heterocycles. The molecular weight excluding hydrogens is 394 g/mol. The van der Waals surface area contributed by atoms with E-state index in [2.05, 4.69) is 43.1 Å². The van der Waals surface area contributed by atoms with Gasteiger partial charge in [0.05, 0.1) is 6.54 Å². The molecule has 3 fully saturated rings. The van der Waals surface area contributed by atoms with Crippen LogP contribution in [0.4, 0.5) is 0 Å². The molecule has 5 nitrogen and oxygen atoms in total. The smallest absolute Gasteiger partial charge is 0.296 e. The van der Waals surface area contributed by atoms with E-state index in [0.717, 1.165) is 54.9 Å². The lowest BCUT2D eigenvalue weighted by molar-refractivity contribution is -0.102. The number of hydrogen-bond acceptors (Lipinski definition) is 3. The molecule has 1 aromatic carbocycles. The molecule has 6 heteroatoms. The number of nitrogens with zero attached hydrogens (tertiary/aromatic N) is 1. The fourth-order valence-electron chi connectivity index (χ4n) is 5.80. The van der Waals surface area contributed by atoms with Gasteiger partial charge in [-0.3, -0.25) is 0 Å². The number of allylic oxidation sites excluding steroid dienone is 1. The van der Waals surface area contributed by atoms with E-state index in [9.17, 15) is 8.42 Å². The van der Waals surface area contributed by atoms with Crippen LogP contribution < -0.4 is 10.1 Å². The Bertz CT molecular complexity index is 877. The third kappa shape index (κ3) is 4.19. The van der Waals surface area contributed by atoms with Crippen molar-refractivity contribution in [3.8, 4) is 0 Å². The molecule has 0 radical (unpaired) electrons. The zero-order valence-electron chi connectivity index (χ0n) is 18.7. The third-order valence-electron chi connectivity index (χ3n) is 7.90. The summed E-state index contributed by atoms with van der Waals surface area (Å²) in [5, 5.41) is 0. The summed E-state index contributed by atoms with van der Waals surface area (Å²) >= 11 is 0. The van der Waals surface area contributed by atoms with Crippen LogP contribution in [0.1, 0.15) is 71.3 Å². The fourth-order valence-corrected chi connectivity index (χ4v) is 6.91. The quantitative estimate of drug-likeness (QED) is 0.557. The van der Waals surface area contributed by atoms with Gasteiger partial charge in [0.1, 0.15) is 0 Å². The van der Waals surface area contributed by atoms with Crippen LogP contribution in [0.25, 0.3) is 5.57 Å². The Morgan fingerprint density at radius 3 is 2.60 bits per heavy atom. The van der Waals surface area contributed by atoms with E-state index in [1.165, 1.54) is 17.3 Å². The van der Waals surface area contributed by atoms with E-state index >= 15 is 0 Å². The first kappa shape index (κ1) is 21.8. The van der Waals surface area contributed by atoms with E-state index in [1.807, 2.05) is 18.2 Å². The first-order valence-electron chi connectivity index (χ1n) is 11.6. The topological polar surface area (TPSA) is 61.4 Å². The van der Waals surface area contributed by atoms with Crippen LogP contribution >= 0.6 is 0 Å². The highest BCUT2D eigenvalue weighted by atomic mass is 32.2. The van der Waals surface area contributed by atoms with Crippen molar-refractivity contribution in [3.63, 3.8) is 0 Å². The van der Waals surface area contributed by atoms with Gasteiger partial charge in [-0.05, 0) is 66.4 Å². The second-order valence-corrected chi connectivity index (χ2v) is 11.6. The third-order valence-corrected chi connectivity index (χ3v) is 9.23. The van der Waals surface area contributed by atoms with Crippen molar-refractivity contribution >= 4 is 15.8 Å². The summed E-state index contributed by atoms with van der Waals surface area (Å²) in [7, 11) is -3.58. The molecular formula is C24H37N3O2S. The molecule has 3 saturated carbocycles. The van der Waals surface area contributed by atoms with Gasteiger partial charge in [-0.25, -0.2) is 4.72 Å². The summed E-state index contributed by atoms with van der Waals surface area (Å²) in [5.41, 5.74) is 6.83. The Labute approximate surface area is 182 Å². The molecule has 0 unspecified atom stereocenters. The predicted molar refractivity (Wildman–Crippen MR) is 122 cm³/mol. The normalized spacial score (nSPS) is 28.3. The Morgan fingerprint density at radius 1 is 1.17 bits per heavy atom. The molecule has 5 rings (SSSR count). The van der Waals surface area contributed by atoms with E-state index in [-0.39, 0.29) is 0 Å². The lowest BCUT2D eigenvalue weighted by Gasteiger charge is -2.60. The van der Waals surface area contributed by atoms with Gasteiger partial charge in [0, 0.05) is 12.2 Å². The average molecular weight is 432 g/mol. The number of nitrogens with one attached hydrogen (secondary N) is 2. The lowest BCUT2D eigenvalue weighted by Crippen LogP contribution is -2.55. The number of unbranched alkanes of at least 4 members (excludes halogenated alkanes) is 2. The largest absolute Gasteiger partial charge is 0.308 e. The fraction of sp³-hybridized carbons (Fsp3) is 0.667. The molecule has 3 aliphatic carbocycles. The average Bonchev–Trinajstić information content (AvgIpc) is 3.18.